The second-order valence-electron chi connectivity index (χ2n) is 7.40. The zero-order valence-electron chi connectivity index (χ0n) is 17.6. The Morgan fingerprint density at radius 2 is 1.91 bits per heavy atom. The van der Waals surface area contributed by atoms with E-state index in [2.05, 4.69) is 15.4 Å². The average molecular weight is 465 g/mol. The number of aryl methyl sites for hydroxylation is 2. The van der Waals surface area contributed by atoms with E-state index in [0.717, 1.165) is 26.8 Å². The summed E-state index contributed by atoms with van der Waals surface area (Å²) < 4.78 is 1.66. The van der Waals surface area contributed by atoms with Gasteiger partial charge in [0.15, 0.2) is 5.78 Å². The van der Waals surface area contributed by atoms with Crippen molar-refractivity contribution in [3.63, 3.8) is 0 Å². The lowest BCUT2D eigenvalue weighted by molar-refractivity contribution is -0.115. The van der Waals surface area contributed by atoms with Gasteiger partial charge in [0.1, 0.15) is 5.01 Å². The summed E-state index contributed by atoms with van der Waals surface area (Å²) in [6.45, 7) is 3.95. The number of hydrogen-bond donors (Lipinski definition) is 1. The first-order valence-corrected chi connectivity index (χ1v) is 11.2. The Kier molecular flexibility index (Phi) is 6.48. The molecule has 2 aromatic carbocycles. The number of hydrogen-bond acceptors (Lipinski definition) is 5. The second-order valence-corrected chi connectivity index (χ2v) is 9.09. The molecule has 0 aliphatic carbocycles. The van der Waals surface area contributed by atoms with Crippen LogP contribution in [0.5, 0.6) is 0 Å². The van der Waals surface area contributed by atoms with E-state index in [1.807, 2.05) is 32.0 Å². The van der Waals surface area contributed by atoms with Crippen molar-refractivity contribution in [2.45, 2.75) is 26.7 Å². The predicted molar refractivity (Wildman–Crippen MR) is 127 cm³/mol. The van der Waals surface area contributed by atoms with Crippen LogP contribution < -0.4 is 5.32 Å². The molecule has 2 aromatic heterocycles. The third-order valence-corrected chi connectivity index (χ3v) is 6.37. The van der Waals surface area contributed by atoms with Crippen molar-refractivity contribution in [1.29, 1.82) is 0 Å². The van der Waals surface area contributed by atoms with E-state index in [0.29, 0.717) is 16.3 Å². The van der Waals surface area contributed by atoms with Gasteiger partial charge in [0.25, 0.3) is 0 Å². The van der Waals surface area contributed by atoms with Gasteiger partial charge >= 0.3 is 0 Å². The molecule has 1 amide bonds. The number of para-hydroxylation sites is 1. The molecule has 4 aromatic rings. The topological polar surface area (TPSA) is 76.9 Å². The van der Waals surface area contributed by atoms with Crippen LogP contribution in [-0.2, 0) is 17.6 Å². The zero-order chi connectivity index (χ0) is 22.7. The number of thiazole rings is 1. The standard InChI is InChI=1S/C24H21ClN4O2S/c1-15-16(2)32-24(27-15)12-22(30)18-6-5-7-19(11-18)29-14-17(13-26-29)10-23(31)28-21-9-4-3-8-20(21)25/h3-9,11,13-14H,10,12H2,1-2H3,(H,28,31). The minimum atomic E-state index is -0.185. The summed E-state index contributed by atoms with van der Waals surface area (Å²) in [5.41, 5.74) is 3.64. The maximum absolute atomic E-state index is 12.7. The average Bonchev–Trinajstić information content (AvgIpc) is 3.36. The molecule has 162 valence electrons. The van der Waals surface area contributed by atoms with Crippen molar-refractivity contribution in [1.82, 2.24) is 14.8 Å². The molecule has 0 saturated heterocycles. The predicted octanol–water partition coefficient (Wildman–Crippen LogP) is 5.21. The maximum atomic E-state index is 12.7. The van der Waals surface area contributed by atoms with Crippen molar-refractivity contribution in [3.05, 3.63) is 92.7 Å². The van der Waals surface area contributed by atoms with Gasteiger partial charge in [-0.25, -0.2) is 9.67 Å². The summed E-state index contributed by atoms with van der Waals surface area (Å²) in [6, 6.07) is 14.4. The van der Waals surface area contributed by atoms with Crippen LogP contribution in [0.3, 0.4) is 0 Å². The van der Waals surface area contributed by atoms with Crippen molar-refractivity contribution >= 4 is 40.3 Å². The Labute approximate surface area is 194 Å². The van der Waals surface area contributed by atoms with Gasteiger partial charge in [-0.1, -0.05) is 35.9 Å². The number of aromatic nitrogens is 3. The zero-order valence-corrected chi connectivity index (χ0v) is 19.2. The summed E-state index contributed by atoms with van der Waals surface area (Å²) in [7, 11) is 0. The number of nitrogens with one attached hydrogen (secondary N) is 1. The molecule has 0 radical (unpaired) electrons. The van der Waals surface area contributed by atoms with Crippen LogP contribution in [0.25, 0.3) is 5.69 Å². The van der Waals surface area contributed by atoms with Crippen molar-refractivity contribution in [2.24, 2.45) is 0 Å². The molecule has 1 N–H and O–H groups in total. The number of carbonyl (C=O) groups excluding carboxylic acids is 2. The number of rotatable bonds is 7. The van der Waals surface area contributed by atoms with E-state index in [4.69, 9.17) is 11.6 Å². The highest BCUT2D eigenvalue weighted by atomic mass is 35.5. The number of anilines is 1. The first-order chi connectivity index (χ1) is 15.4. The summed E-state index contributed by atoms with van der Waals surface area (Å²) in [6.07, 6.45) is 3.85. The fourth-order valence-electron chi connectivity index (χ4n) is 3.21. The summed E-state index contributed by atoms with van der Waals surface area (Å²) in [5, 5.41) is 8.46. The number of carbonyl (C=O) groups is 2. The normalized spacial score (nSPS) is 10.8. The highest BCUT2D eigenvalue weighted by molar-refractivity contribution is 7.11. The Balaban J connectivity index is 1.44. The van der Waals surface area contributed by atoms with Gasteiger partial charge in [0.2, 0.25) is 5.91 Å². The first kappa shape index (κ1) is 21.9. The minimum Gasteiger partial charge on any atom is -0.324 e. The molecule has 0 fully saturated rings. The van der Waals surface area contributed by atoms with Crippen molar-refractivity contribution < 1.29 is 9.59 Å². The van der Waals surface area contributed by atoms with E-state index >= 15 is 0 Å². The van der Waals surface area contributed by atoms with Gasteiger partial charge in [-0.05, 0) is 43.7 Å². The van der Waals surface area contributed by atoms with Crippen molar-refractivity contribution in [3.8, 4) is 5.69 Å². The molecule has 0 aliphatic heterocycles. The largest absolute Gasteiger partial charge is 0.324 e. The molecule has 0 atom stereocenters. The highest BCUT2D eigenvalue weighted by Gasteiger charge is 2.13. The lowest BCUT2D eigenvalue weighted by atomic mass is 10.1. The first-order valence-electron chi connectivity index (χ1n) is 10.0. The van der Waals surface area contributed by atoms with Gasteiger partial charge in [0.05, 0.1) is 41.1 Å². The molecule has 0 bridgehead atoms. The third kappa shape index (κ3) is 5.12. The number of nitrogens with zero attached hydrogens (tertiary/aromatic N) is 3. The molecule has 6 nitrogen and oxygen atoms in total. The van der Waals surface area contributed by atoms with Crippen LogP contribution in [0, 0.1) is 13.8 Å². The van der Waals surface area contributed by atoms with Crippen LogP contribution in [0.2, 0.25) is 5.02 Å². The van der Waals surface area contributed by atoms with E-state index in [-0.39, 0.29) is 24.5 Å². The quantitative estimate of drug-likeness (QED) is 0.381. The van der Waals surface area contributed by atoms with Gasteiger partial charge < -0.3 is 5.32 Å². The van der Waals surface area contributed by atoms with Gasteiger partial charge in [-0.3, -0.25) is 9.59 Å². The Morgan fingerprint density at radius 1 is 1.09 bits per heavy atom. The molecule has 8 heteroatoms. The summed E-state index contributed by atoms with van der Waals surface area (Å²) >= 11 is 7.65. The number of benzene rings is 2. The number of amides is 1. The molecule has 32 heavy (non-hydrogen) atoms. The fourth-order valence-corrected chi connectivity index (χ4v) is 4.33. The Bertz CT molecular complexity index is 1280. The van der Waals surface area contributed by atoms with Crippen LogP contribution in [-0.4, -0.2) is 26.5 Å². The van der Waals surface area contributed by atoms with Crippen LogP contribution in [0.4, 0.5) is 5.69 Å². The van der Waals surface area contributed by atoms with E-state index in [1.54, 1.807) is 58.7 Å². The molecule has 4 rings (SSSR count). The maximum Gasteiger partial charge on any atom is 0.228 e. The monoisotopic (exact) mass is 464 g/mol. The van der Waals surface area contributed by atoms with Gasteiger partial charge in [-0.15, -0.1) is 11.3 Å². The number of halogens is 1. The molecular weight excluding hydrogens is 444 g/mol. The molecular formula is C24H21ClN4O2S. The Morgan fingerprint density at radius 3 is 2.66 bits per heavy atom. The van der Waals surface area contributed by atoms with Gasteiger partial charge in [0, 0.05) is 16.6 Å². The van der Waals surface area contributed by atoms with Gasteiger partial charge in [-0.2, -0.15) is 5.10 Å². The third-order valence-electron chi connectivity index (χ3n) is 4.97. The van der Waals surface area contributed by atoms with E-state index < -0.39 is 0 Å². The smallest absolute Gasteiger partial charge is 0.228 e. The summed E-state index contributed by atoms with van der Waals surface area (Å²) in [5.74, 6) is -0.178. The SMILES string of the molecule is Cc1nc(CC(=O)c2cccc(-n3cc(CC(=O)Nc4ccccc4Cl)cn3)c2)sc1C. The van der Waals surface area contributed by atoms with Crippen LogP contribution in [0.15, 0.2) is 60.9 Å². The fraction of sp³-hybridized carbons (Fsp3) is 0.167. The molecule has 2 heterocycles. The van der Waals surface area contributed by atoms with E-state index in [9.17, 15) is 9.59 Å². The number of ketones is 1. The molecule has 0 spiro atoms. The second kappa shape index (κ2) is 9.46. The molecule has 0 aliphatic rings. The number of Topliss-reactive ketones (excluding diaryl/α,β-unsaturated/α-hetero) is 1. The Hall–Kier alpha value is -3.29. The lowest BCUT2D eigenvalue weighted by Gasteiger charge is -2.06. The lowest BCUT2D eigenvalue weighted by Crippen LogP contribution is -2.14. The summed E-state index contributed by atoms with van der Waals surface area (Å²) in [4.78, 5) is 30.7. The molecule has 0 unspecified atom stereocenters. The molecule has 0 saturated carbocycles. The van der Waals surface area contributed by atoms with E-state index in [1.165, 1.54) is 0 Å². The highest BCUT2D eigenvalue weighted by Crippen LogP contribution is 2.21. The van der Waals surface area contributed by atoms with Crippen LogP contribution in [0.1, 0.15) is 31.5 Å². The van der Waals surface area contributed by atoms with Crippen LogP contribution >= 0.6 is 22.9 Å². The minimum absolute atomic E-state index is 0.00657. The van der Waals surface area contributed by atoms with Crippen molar-refractivity contribution in [2.75, 3.05) is 5.32 Å².